The number of nitrogens with zero attached hydrogens (tertiary/aromatic N) is 1. The Bertz CT molecular complexity index is 460. The van der Waals surface area contributed by atoms with Gasteiger partial charge in [0.1, 0.15) is 0 Å². The van der Waals surface area contributed by atoms with Gasteiger partial charge >= 0.3 is 0 Å². The van der Waals surface area contributed by atoms with Crippen LogP contribution in [-0.2, 0) is 9.47 Å². The Morgan fingerprint density at radius 2 is 2.36 bits per heavy atom. The molecule has 22 heavy (non-hydrogen) atoms. The Morgan fingerprint density at radius 3 is 3.14 bits per heavy atom. The minimum Gasteiger partial charge on any atom is -0.392 e. The van der Waals surface area contributed by atoms with Crippen molar-refractivity contribution in [2.24, 2.45) is 0 Å². The molecule has 4 heteroatoms. The summed E-state index contributed by atoms with van der Waals surface area (Å²) in [5.74, 6) is 6.01. The van der Waals surface area contributed by atoms with Crippen molar-refractivity contribution in [2.45, 2.75) is 57.3 Å². The SMILES string of the molecule is O[C@@H](CC#Cc1cccnc1)CCCCO[C@@H]1CCCCO1. The molecule has 2 heterocycles. The molecule has 4 nitrogen and oxygen atoms in total. The molecule has 0 bridgehead atoms. The summed E-state index contributed by atoms with van der Waals surface area (Å²) in [6.45, 7) is 1.53. The standard InChI is InChI=1S/C18H25NO3/c20-17(10-5-7-16-8-6-12-19-15-16)9-1-3-13-21-18-11-2-4-14-22-18/h6,8,12,15,17-18,20H,1-4,9-11,13-14H2/t17-,18+/m1/s1. The number of hydrogen-bond acceptors (Lipinski definition) is 4. The molecule has 0 aliphatic carbocycles. The first-order valence-corrected chi connectivity index (χ1v) is 8.15. The second-order valence-electron chi connectivity index (χ2n) is 5.56. The van der Waals surface area contributed by atoms with Crippen LogP contribution < -0.4 is 0 Å². The van der Waals surface area contributed by atoms with Gasteiger partial charge in [-0.15, -0.1) is 0 Å². The second kappa shape index (κ2) is 10.3. The van der Waals surface area contributed by atoms with E-state index in [0.717, 1.165) is 44.3 Å². The summed E-state index contributed by atoms with van der Waals surface area (Å²) in [6.07, 6.45) is 9.58. The zero-order chi connectivity index (χ0) is 15.5. The van der Waals surface area contributed by atoms with Crippen LogP contribution in [0, 0.1) is 11.8 Å². The monoisotopic (exact) mass is 303 g/mol. The number of unbranched alkanes of at least 4 members (excludes halogenated alkanes) is 1. The highest BCUT2D eigenvalue weighted by Crippen LogP contribution is 2.14. The molecule has 2 rings (SSSR count). The molecule has 0 saturated carbocycles. The van der Waals surface area contributed by atoms with Crippen molar-refractivity contribution >= 4 is 0 Å². The van der Waals surface area contributed by atoms with Crippen LogP contribution in [0.25, 0.3) is 0 Å². The number of aliphatic hydroxyl groups is 1. The summed E-state index contributed by atoms with van der Waals surface area (Å²) in [4.78, 5) is 4.00. The fraction of sp³-hybridized carbons (Fsp3) is 0.611. The topological polar surface area (TPSA) is 51.6 Å². The van der Waals surface area contributed by atoms with Gasteiger partial charge in [-0.3, -0.25) is 4.98 Å². The fourth-order valence-electron chi connectivity index (χ4n) is 2.35. The van der Waals surface area contributed by atoms with Gasteiger partial charge in [-0.25, -0.2) is 0 Å². The Kier molecular flexibility index (Phi) is 7.97. The van der Waals surface area contributed by atoms with Crippen LogP contribution >= 0.6 is 0 Å². The summed E-state index contributed by atoms with van der Waals surface area (Å²) in [5.41, 5.74) is 0.885. The van der Waals surface area contributed by atoms with Gasteiger partial charge in [-0.2, -0.15) is 0 Å². The van der Waals surface area contributed by atoms with Gasteiger partial charge in [-0.05, 0) is 50.7 Å². The van der Waals surface area contributed by atoms with E-state index in [1.807, 2.05) is 12.1 Å². The summed E-state index contributed by atoms with van der Waals surface area (Å²) >= 11 is 0. The molecule has 0 radical (unpaired) electrons. The molecule has 2 atom stereocenters. The van der Waals surface area contributed by atoms with E-state index in [0.29, 0.717) is 13.0 Å². The van der Waals surface area contributed by atoms with Crippen molar-refractivity contribution in [2.75, 3.05) is 13.2 Å². The maximum Gasteiger partial charge on any atom is 0.157 e. The summed E-state index contributed by atoms with van der Waals surface area (Å²) in [6, 6.07) is 3.77. The highest BCUT2D eigenvalue weighted by Gasteiger charge is 2.13. The van der Waals surface area contributed by atoms with Gasteiger partial charge in [0.25, 0.3) is 0 Å². The summed E-state index contributed by atoms with van der Waals surface area (Å²) in [5, 5.41) is 9.89. The third-order valence-corrected chi connectivity index (χ3v) is 3.61. The molecule has 0 spiro atoms. The number of pyridine rings is 1. The summed E-state index contributed by atoms with van der Waals surface area (Å²) < 4.78 is 11.2. The molecule has 0 amide bonds. The predicted octanol–water partition coefficient (Wildman–Crippen LogP) is 2.90. The van der Waals surface area contributed by atoms with E-state index in [1.165, 1.54) is 6.42 Å². The highest BCUT2D eigenvalue weighted by molar-refractivity contribution is 5.31. The zero-order valence-electron chi connectivity index (χ0n) is 13.0. The van der Waals surface area contributed by atoms with E-state index in [4.69, 9.17) is 9.47 Å². The molecule has 0 aromatic carbocycles. The van der Waals surface area contributed by atoms with Crippen molar-refractivity contribution in [3.63, 3.8) is 0 Å². The molecule has 1 aliphatic heterocycles. The van der Waals surface area contributed by atoms with Crippen LogP contribution in [0.1, 0.15) is 50.5 Å². The van der Waals surface area contributed by atoms with Crippen LogP contribution in [0.2, 0.25) is 0 Å². The normalized spacial score (nSPS) is 19.2. The van der Waals surface area contributed by atoms with Crippen molar-refractivity contribution < 1.29 is 14.6 Å². The smallest absolute Gasteiger partial charge is 0.157 e. The molecular weight excluding hydrogens is 278 g/mol. The van der Waals surface area contributed by atoms with Crippen LogP contribution in [0.5, 0.6) is 0 Å². The minimum atomic E-state index is -0.366. The molecule has 1 aromatic heterocycles. The number of aromatic nitrogens is 1. The van der Waals surface area contributed by atoms with Crippen LogP contribution in [-0.4, -0.2) is 35.7 Å². The summed E-state index contributed by atoms with van der Waals surface area (Å²) in [7, 11) is 0. The molecule has 1 N–H and O–H groups in total. The van der Waals surface area contributed by atoms with Crippen molar-refractivity contribution in [1.29, 1.82) is 0 Å². The van der Waals surface area contributed by atoms with E-state index in [9.17, 15) is 5.11 Å². The molecular formula is C18H25NO3. The average molecular weight is 303 g/mol. The third-order valence-electron chi connectivity index (χ3n) is 3.61. The number of ether oxygens (including phenoxy) is 2. The van der Waals surface area contributed by atoms with Gasteiger partial charge in [0.2, 0.25) is 0 Å². The molecule has 1 fully saturated rings. The van der Waals surface area contributed by atoms with E-state index in [1.54, 1.807) is 12.4 Å². The molecule has 1 saturated heterocycles. The van der Waals surface area contributed by atoms with E-state index in [2.05, 4.69) is 16.8 Å². The second-order valence-corrected chi connectivity index (χ2v) is 5.56. The van der Waals surface area contributed by atoms with E-state index < -0.39 is 0 Å². The number of aliphatic hydroxyl groups excluding tert-OH is 1. The molecule has 1 aliphatic rings. The largest absolute Gasteiger partial charge is 0.392 e. The lowest BCUT2D eigenvalue weighted by molar-refractivity contribution is -0.162. The maximum atomic E-state index is 9.89. The molecule has 120 valence electrons. The zero-order valence-corrected chi connectivity index (χ0v) is 13.0. The Morgan fingerprint density at radius 1 is 1.41 bits per heavy atom. The lowest BCUT2D eigenvalue weighted by Gasteiger charge is -2.22. The number of hydrogen-bond donors (Lipinski definition) is 1. The van der Waals surface area contributed by atoms with Crippen LogP contribution in [0.4, 0.5) is 0 Å². The average Bonchev–Trinajstić information content (AvgIpc) is 2.56. The van der Waals surface area contributed by atoms with Crippen LogP contribution in [0.15, 0.2) is 24.5 Å². The first-order valence-electron chi connectivity index (χ1n) is 8.15. The fourth-order valence-corrected chi connectivity index (χ4v) is 2.35. The van der Waals surface area contributed by atoms with Gasteiger partial charge < -0.3 is 14.6 Å². The molecule has 1 aromatic rings. The van der Waals surface area contributed by atoms with Gasteiger partial charge in [0.15, 0.2) is 6.29 Å². The Hall–Kier alpha value is -1.41. The van der Waals surface area contributed by atoms with Gasteiger partial charge in [0.05, 0.1) is 6.10 Å². The minimum absolute atomic E-state index is 0.0102. The molecule has 0 unspecified atom stereocenters. The van der Waals surface area contributed by atoms with Crippen molar-refractivity contribution in [3.05, 3.63) is 30.1 Å². The quantitative estimate of drug-likeness (QED) is 0.621. The Labute approximate surface area is 132 Å². The first kappa shape index (κ1) is 17.0. The highest BCUT2D eigenvalue weighted by atomic mass is 16.7. The predicted molar refractivity (Wildman–Crippen MR) is 85.1 cm³/mol. The first-order chi connectivity index (χ1) is 10.8. The van der Waals surface area contributed by atoms with Gasteiger partial charge in [0, 0.05) is 37.6 Å². The van der Waals surface area contributed by atoms with E-state index in [-0.39, 0.29) is 12.4 Å². The lowest BCUT2D eigenvalue weighted by Crippen LogP contribution is -2.22. The van der Waals surface area contributed by atoms with Crippen LogP contribution in [0.3, 0.4) is 0 Å². The number of rotatable bonds is 7. The maximum absolute atomic E-state index is 9.89. The van der Waals surface area contributed by atoms with Crippen molar-refractivity contribution in [1.82, 2.24) is 4.98 Å². The van der Waals surface area contributed by atoms with Gasteiger partial charge in [-0.1, -0.05) is 11.8 Å². The van der Waals surface area contributed by atoms with Crippen molar-refractivity contribution in [3.8, 4) is 11.8 Å². The third kappa shape index (κ3) is 7.04. The van der Waals surface area contributed by atoms with E-state index >= 15 is 0 Å². The lowest BCUT2D eigenvalue weighted by atomic mass is 10.1. The Balaban J connectivity index is 1.50.